The van der Waals surface area contributed by atoms with Crippen molar-refractivity contribution in [3.63, 3.8) is 0 Å². The lowest BCUT2D eigenvalue weighted by atomic mass is 10.1. The lowest BCUT2D eigenvalue weighted by molar-refractivity contribution is 0.0761. The number of anilines is 1. The molecule has 7 heteroatoms. The first-order valence-corrected chi connectivity index (χ1v) is 11.2. The zero-order chi connectivity index (χ0) is 22.1. The number of thiocarbonyl (C=S) groups is 1. The minimum absolute atomic E-state index is 0.0644. The van der Waals surface area contributed by atoms with Crippen molar-refractivity contribution in [2.45, 2.75) is 39.0 Å². The van der Waals surface area contributed by atoms with Crippen LogP contribution in [0.2, 0.25) is 0 Å². The molecule has 0 bridgehead atoms. The lowest BCUT2D eigenvalue weighted by Crippen LogP contribution is -2.34. The van der Waals surface area contributed by atoms with Crippen LogP contribution in [-0.2, 0) is 0 Å². The molecule has 1 heterocycles. The van der Waals surface area contributed by atoms with E-state index in [0.29, 0.717) is 29.2 Å². The smallest absolute Gasteiger partial charge is 0.257 e. The number of carbonyl (C=O) groups is 2. The number of benzene rings is 2. The van der Waals surface area contributed by atoms with E-state index in [9.17, 15) is 9.59 Å². The van der Waals surface area contributed by atoms with E-state index in [1.807, 2.05) is 17.9 Å². The van der Waals surface area contributed by atoms with E-state index >= 15 is 0 Å². The van der Waals surface area contributed by atoms with Crippen molar-refractivity contribution in [1.82, 2.24) is 10.2 Å². The maximum atomic E-state index is 12.7. The molecule has 0 spiro atoms. The van der Waals surface area contributed by atoms with Crippen LogP contribution >= 0.6 is 12.2 Å². The molecule has 0 radical (unpaired) electrons. The van der Waals surface area contributed by atoms with Gasteiger partial charge in [0.15, 0.2) is 5.11 Å². The second-order valence-electron chi connectivity index (χ2n) is 7.57. The lowest BCUT2D eigenvalue weighted by Gasteiger charge is -2.20. The van der Waals surface area contributed by atoms with Gasteiger partial charge < -0.3 is 15.0 Å². The molecular formula is C24H29N3O3S. The van der Waals surface area contributed by atoms with Gasteiger partial charge in [-0.2, -0.15) is 0 Å². The predicted molar refractivity (Wildman–Crippen MR) is 127 cm³/mol. The first-order chi connectivity index (χ1) is 15.1. The molecule has 0 aromatic heterocycles. The van der Waals surface area contributed by atoms with Gasteiger partial charge in [-0.1, -0.05) is 25.8 Å². The van der Waals surface area contributed by atoms with Crippen molar-refractivity contribution in [2.24, 2.45) is 0 Å². The van der Waals surface area contributed by atoms with Crippen LogP contribution in [0.3, 0.4) is 0 Å². The SMILES string of the molecule is CCCOc1cccc(C(=O)NC(=S)Nc2ccc(C(=O)N3CCCCCC3)cc2)c1. The molecule has 2 amide bonds. The van der Waals surface area contributed by atoms with E-state index in [0.717, 1.165) is 32.4 Å². The molecule has 1 aliphatic heterocycles. The number of amides is 2. The molecule has 1 fully saturated rings. The molecule has 2 N–H and O–H groups in total. The summed E-state index contributed by atoms with van der Waals surface area (Å²) in [6, 6.07) is 14.2. The monoisotopic (exact) mass is 439 g/mol. The highest BCUT2D eigenvalue weighted by atomic mass is 32.1. The minimum atomic E-state index is -0.313. The average molecular weight is 440 g/mol. The van der Waals surface area contributed by atoms with Crippen molar-refractivity contribution in [1.29, 1.82) is 0 Å². The Kier molecular flexibility index (Phi) is 8.41. The Morgan fingerprint density at radius 2 is 1.71 bits per heavy atom. The molecule has 1 aliphatic rings. The Bertz CT molecular complexity index is 907. The summed E-state index contributed by atoms with van der Waals surface area (Å²) in [7, 11) is 0. The van der Waals surface area contributed by atoms with Gasteiger partial charge in [0, 0.05) is 29.9 Å². The average Bonchev–Trinajstić information content (AvgIpc) is 3.07. The van der Waals surface area contributed by atoms with Gasteiger partial charge in [0.25, 0.3) is 11.8 Å². The number of hydrogen-bond acceptors (Lipinski definition) is 4. The summed E-state index contributed by atoms with van der Waals surface area (Å²) < 4.78 is 5.57. The van der Waals surface area contributed by atoms with Gasteiger partial charge in [-0.3, -0.25) is 14.9 Å². The summed E-state index contributed by atoms with van der Waals surface area (Å²) in [5, 5.41) is 5.86. The highest BCUT2D eigenvalue weighted by Gasteiger charge is 2.17. The fourth-order valence-electron chi connectivity index (χ4n) is 3.44. The van der Waals surface area contributed by atoms with Gasteiger partial charge in [0.1, 0.15) is 5.75 Å². The van der Waals surface area contributed by atoms with E-state index < -0.39 is 0 Å². The van der Waals surface area contributed by atoms with Crippen molar-refractivity contribution in [3.8, 4) is 5.75 Å². The Labute approximate surface area is 189 Å². The second-order valence-corrected chi connectivity index (χ2v) is 7.98. The largest absolute Gasteiger partial charge is 0.494 e. The summed E-state index contributed by atoms with van der Waals surface area (Å²) in [5.41, 5.74) is 1.83. The Morgan fingerprint density at radius 1 is 1.00 bits per heavy atom. The summed E-state index contributed by atoms with van der Waals surface area (Å²) >= 11 is 5.27. The van der Waals surface area contributed by atoms with Crippen LogP contribution in [0.25, 0.3) is 0 Å². The molecule has 2 aromatic rings. The van der Waals surface area contributed by atoms with Crippen LogP contribution in [0.15, 0.2) is 48.5 Å². The number of carbonyl (C=O) groups excluding carboxylic acids is 2. The van der Waals surface area contributed by atoms with Crippen molar-refractivity contribution >= 4 is 34.8 Å². The number of likely N-dealkylation sites (tertiary alicyclic amines) is 1. The normalized spacial score (nSPS) is 13.8. The topological polar surface area (TPSA) is 70.7 Å². The van der Waals surface area contributed by atoms with Crippen LogP contribution in [0, 0.1) is 0 Å². The highest BCUT2D eigenvalue weighted by molar-refractivity contribution is 7.80. The number of nitrogens with one attached hydrogen (secondary N) is 2. The quantitative estimate of drug-likeness (QED) is 0.643. The van der Waals surface area contributed by atoms with Gasteiger partial charge in [-0.25, -0.2) is 0 Å². The van der Waals surface area contributed by atoms with Crippen molar-refractivity contribution < 1.29 is 14.3 Å². The fraction of sp³-hybridized carbons (Fsp3) is 0.375. The zero-order valence-corrected chi connectivity index (χ0v) is 18.7. The van der Waals surface area contributed by atoms with Crippen LogP contribution in [0.1, 0.15) is 59.7 Å². The molecule has 1 saturated heterocycles. The van der Waals surface area contributed by atoms with Gasteiger partial charge in [-0.15, -0.1) is 0 Å². The third kappa shape index (κ3) is 6.79. The molecule has 6 nitrogen and oxygen atoms in total. The second kappa shape index (κ2) is 11.5. The van der Waals surface area contributed by atoms with Crippen molar-refractivity contribution in [3.05, 3.63) is 59.7 Å². The van der Waals surface area contributed by atoms with Crippen LogP contribution in [0.4, 0.5) is 5.69 Å². The molecular weight excluding hydrogens is 410 g/mol. The molecule has 164 valence electrons. The zero-order valence-electron chi connectivity index (χ0n) is 17.9. The van der Waals surface area contributed by atoms with Crippen LogP contribution in [0.5, 0.6) is 5.75 Å². The van der Waals surface area contributed by atoms with Gasteiger partial charge in [-0.05, 0) is 73.9 Å². The third-order valence-electron chi connectivity index (χ3n) is 5.08. The maximum Gasteiger partial charge on any atom is 0.257 e. The molecule has 0 atom stereocenters. The van der Waals surface area contributed by atoms with E-state index in [-0.39, 0.29) is 16.9 Å². The molecule has 3 rings (SSSR count). The standard InChI is InChI=1S/C24H29N3O3S/c1-2-16-30-21-9-7-8-19(17-21)22(28)26-24(31)25-20-12-10-18(11-13-20)23(29)27-14-5-3-4-6-15-27/h7-13,17H,2-6,14-16H2,1H3,(H2,25,26,28,31). The summed E-state index contributed by atoms with van der Waals surface area (Å²) in [6.45, 7) is 4.26. The van der Waals surface area contributed by atoms with Crippen LogP contribution in [-0.4, -0.2) is 41.5 Å². The highest BCUT2D eigenvalue weighted by Crippen LogP contribution is 2.16. The molecule has 31 heavy (non-hydrogen) atoms. The third-order valence-corrected chi connectivity index (χ3v) is 5.28. The predicted octanol–water partition coefficient (Wildman–Crippen LogP) is 4.62. The molecule has 2 aromatic carbocycles. The Balaban J connectivity index is 1.54. The van der Waals surface area contributed by atoms with Crippen molar-refractivity contribution in [2.75, 3.05) is 25.0 Å². The van der Waals surface area contributed by atoms with Crippen LogP contribution < -0.4 is 15.4 Å². The summed E-state index contributed by atoms with van der Waals surface area (Å²) in [4.78, 5) is 27.1. The van der Waals surface area contributed by atoms with E-state index in [1.54, 1.807) is 42.5 Å². The molecule has 0 unspecified atom stereocenters. The molecule has 0 saturated carbocycles. The molecule has 0 aliphatic carbocycles. The number of hydrogen-bond donors (Lipinski definition) is 2. The maximum absolute atomic E-state index is 12.7. The number of nitrogens with zero attached hydrogens (tertiary/aromatic N) is 1. The van der Waals surface area contributed by atoms with Gasteiger partial charge >= 0.3 is 0 Å². The summed E-state index contributed by atoms with van der Waals surface area (Å²) in [5.74, 6) is 0.403. The number of rotatable bonds is 6. The first-order valence-electron chi connectivity index (χ1n) is 10.8. The van der Waals surface area contributed by atoms with E-state index in [4.69, 9.17) is 17.0 Å². The van der Waals surface area contributed by atoms with Gasteiger partial charge in [0.05, 0.1) is 6.61 Å². The minimum Gasteiger partial charge on any atom is -0.494 e. The summed E-state index contributed by atoms with van der Waals surface area (Å²) in [6.07, 6.45) is 5.39. The van der Waals surface area contributed by atoms with E-state index in [1.165, 1.54) is 12.8 Å². The van der Waals surface area contributed by atoms with Gasteiger partial charge in [0.2, 0.25) is 0 Å². The Hall–Kier alpha value is -2.93. The first kappa shape index (κ1) is 22.7. The Morgan fingerprint density at radius 3 is 2.39 bits per heavy atom. The van der Waals surface area contributed by atoms with E-state index in [2.05, 4.69) is 10.6 Å². The fourth-order valence-corrected chi connectivity index (χ4v) is 3.65. The number of ether oxygens (including phenoxy) is 1.